The summed E-state index contributed by atoms with van der Waals surface area (Å²) in [6.07, 6.45) is 4.34. The molecule has 9 heteroatoms. The number of hydrogen-bond acceptors (Lipinski definition) is 4. The minimum atomic E-state index is -3.05. The third-order valence-electron chi connectivity index (χ3n) is 5.87. The molecule has 2 fully saturated rings. The molecule has 0 amide bonds. The second kappa shape index (κ2) is 12.5. The number of hydrogen-bond donors (Lipinski definition) is 1. The smallest absolute Gasteiger partial charge is 0.211 e. The Morgan fingerprint density at radius 3 is 2.21 bits per heavy atom. The highest BCUT2D eigenvalue weighted by Gasteiger charge is 2.27. The molecule has 0 spiro atoms. The van der Waals surface area contributed by atoms with Crippen LogP contribution >= 0.6 is 24.0 Å². The van der Waals surface area contributed by atoms with Crippen molar-refractivity contribution in [1.29, 1.82) is 0 Å². The van der Waals surface area contributed by atoms with E-state index >= 15 is 0 Å². The van der Waals surface area contributed by atoms with Crippen LogP contribution in [-0.2, 0) is 10.0 Å². The molecule has 1 unspecified atom stereocenters. The summed E-state index contributed by atoms with van der Waals surface area (Å²) in [4.78, 5) is 9.82. The first-order valence-electron chi connectivity index (χ1n) is 10.6. The Balaban J connectivity index is 0.00000392. The highest BCUT2D eigenvalue weighted by molar-refractivity contribution is 14.0. The van der Waals surface area contributed by atoms with Crippen LogP contribution in [-0.4, -0.2) is 93.6 Å². The molecule has 0 bridgehead atoms. The van der Waals surface area contributed by atoms with Crippen LogP contribution in [0.25, 0.3) is 0 Å². The van der Waals surface area contributed by atoms with Crippen LogP contribution < -0.4 is 5.32 Å². The normalized spacial score (nSPS) is 22.5. The molecule has 0 aromatic rings. The number of guanidine groups is 1. The monoisotopic (exact) mass is 529 g/mol. The molecule has 1 atom stereocenters. The van der Waals surface area contributed by atoms with Gasteiger partial charge in [0.2, 0.25) is 10.0 Å². The summed E-state index contributed by atoms with van der Waals surface area (Å²) in [5.41, 5.74) is 0. The average Bonchev–Trinajstić information content (AvgIpc) is 3.11. The summed E-state index contributed by atoms with van der Waals surface area (Å²) in [6, 6.07) is 0. The van der Waals surface area contributed by atoms with E-state index in [1.165, 1.54) is 19.2 Å². The number of nitrogens with one attached hydrogen (secondary N) is 1. The summed E-state index contributed by atoms with van der Waals surface area (Å²) in [6.45, 7) is 15.1. The number of likely N-dealkylation sites (tertiary alicyclic amines) is 1. The van der Waals surface area contributed by atoms with E-state index in [-0.39, 0.29) is 24.0 Å². The van der Waals surface area contributed by atoms with Crippen LogP contribution in [0.15, 0.2) is 4.99 Å². The Kier molecular flexibility index (Phi) is 11.6. The summed E-state index contributed by atoms with van der Waals surface area (Å²) in [5.74, 6) is 2.22. The van der Waals surface area contributed by atoms with E-state index < -0.39 is 10.0 Å². The number of sulfonamides is 1. The fraction of sp³-hybridized carbons (Fsp3) is 0.947. The molecule has 28 heavy (non-hydrogen) atoms. The molecule has 0 aromatic carbocycles. The molecule has 1 N–H and O–H groups in total. The topological polar surface area (TPSA) is 68.2 Å². The van der Waals surface area contributed by atoms with Crippen LogP contribution in [0.3, 0.4) is 0 Å². The van der Waals surface area contributed by atoms with Crippen molar-refractivity contribution in [2.75, 3.05) is 65.2 Å². The molecule has 0 aromatic heterocycles. The summed E-state index contributed by atoms with van der Waals surface area (Å²) in [7, 11) is -3.05. The third kappa shape index (κ3) is 7.95. The Bertz CT molecular complexity index is 575. The van der Waals surface area contributed by atoms with Crippen LogP contribution in [0.2, 0.25) is 0 Å². The predicted molar refractivity (Wildman–Crippen MR) is 128 cm³/mol. The largest absolute Gasteiger partial charge is 0.357 e. The van der Waals surface area contributed by atoms with Crippen LogP contribution in [0.5, 0.6) is 0 Å². The van der Waals surface area contributed by atoms with Crippen molar-refractivity contribution in [1.82, 2.24) is 19.4 Å². The van der Waals surface area contributed by atoms with Gasteiger partial charge in [0, 0.05) is 45.8 Å². The third-order valence-corrected chi connectivity index (χ3v) is 7.18. The van der Waals surface area contributed by atoms with Gasteiger partial charge in [0.1, 0.15) is 0 Å². The van der Waals surface area contributed by atoms with E-state index in [9.17, 15) is 8.42 Å². The summed E-state index contributed by atoms with van der Waals surface area (Å²) in [5, 5.41) is 3.46. The maximum absolute atomic E-state index is 11.6. The molecular weight excluding hydrogens is 489 g/mol. The molecule has 0 radical (unpaired) electrons. The van der Waals surface area contributed by atoms with Gasteiger partial charge in [-0.1, -0.05) is 13.8 Å². The van der Waals surface area contributed by atoms with Gasteiger partial charge < -0.3 is 15.1 Å². The fourth-order valence-corrected chi connectivity index (χ4v) is 4.96. The van der Waals surface area contributed by atoms with Crippen molar-refractivity contribution >= 4 is 40.0 Å². The second-order valence-electron chi connectivity index (χ2n) is 7.89. The van der Waals surface area contributed by atoms with Crippen molar-refractivity contribution in [3.05, 3.63) is 0 Å². The van der Waals surface area contributed by atoms with Gasteiger partial charge in [0.05, 0.1) is 6.26 Å². The molecule has 2 heterocycles. The van der Waals surface area contributed by atoms with E-state index in [2.05, 4.69) is 35.9 Å². The summed E-state index contributed by atoms with van der Waals surface area (Å²) >= 11 is 0. The molecule has 2 saturated heterocycles. The van der Waals surface area contributed by atoms with E-state index in [4.69, 9.17) is 4.99 Å². The van der Waals surface area contributed by atoms with Gasteiger partial charge in [-0.25, -0.2) is 12.7 Å². The molecule has 2 aliphatic heterocycles. The molecule has 7 nitrogen and oxygen atoms in total. The maximum atomic E-state index is 11.6. The van der Waals surface area contributed by atoms with Gasteiger partial charge in [-0.3, -0.25) is 4.99 Å². The van der Waals surface area contributed by atoms with Crippen molar-refractivity contribution < 1.29 is 8.42 Å². The number of nitrogens with zero attached hydrogens (tertiary/aromatic N) is 4. The molecule has 0 saturated carbocycles. The Labute approximate surface area is 189 Å². The fourth-order valence-electron chi connectivity index (χ4n) is 4.09. The molecule has 166 valence electrons. The van der Waals surface area contributed by atoms with Gasteiger partial charge in [0.25, 0.3) is 0 Å². The van der Waals surface area contributed by atoms with E-state index in [0.717, 1.165) is 58.1 Å². The number of aliphatic imine (C=N–C) groups is 1. The Hall–Kier alpha value is -0.130. The van der Waals surface area contributed by atoms with Gasteiger partial charge in [-0.05, 0) is 51.1 Å². The van der Waals surface area contributed by atoms with Crippen molar-refractivity contribution in [3.63, 3.8) is 0 Å². The molecule has 0 aliphatic carbocycles. The lowest BCUT2D eigenvalue weighted by Gasteiger charge is -2.30. The first-order valence-corrected chi connectivity index (χ1v) is 12.4. The zero-order valence-electron chi connectivity index (χ0n) is 18.1. The van der Waals surface area contributed by atoms with Crippen molar-refractivity contribution in [2.24, 2.45) is 16.8 Å². The van der Waals surface area contributed by atoms with E-state index in [0.29, 0.717) is 24.9 Å². The lowest BCUT2D eigenvalue weighted by molar-refractivity contribution is 0.255. The summed E-state index contributed by atoms with van der Waals surface area (Å²) < 4.78 is 24.9. The quantitative estimate of drug-likeness (QED) is 0.296. The van der Waals surface area contributed by atoms with E-state index in [1.54, 1.807) is 4.31 Å². The zero-order chi connectivity index (χ0) is 19.9. The van der Waals surface area contributed by atoms with Gasteiger partial charge in [0.15, 0.2) is 5.96 Å². The first-order chi connectivity index (χ1) is 12.9. The SMILES string of the molecule is CCNC(=NCC1CCN(S(C)(=O)=O)CC1)N1CCC(CN(CC)CC)C1.I. The van der Waals surface area contributed by atoms with E-state index in [1.807, 2.05) is 0 Å². The highest BCUT2D eigenvalue weighted by Crippen LogP contribution is 2.21. The van der Waals surface area contributed by atoms with Gasteiger partial charge in [-0.15, -0.1) is 24.0 Å². The molecule has 2 aliphatic rings. The lowest BCUT2D eigenvalue weighted by atomic mass is 9.98. The minimum absolute atomic E-state index is 0. The maximum Gasteiger partial charge on any atom is 0.211 e. The second-order valence-corrected chi connectivity index (χ2v) is 9.87. The Morgan fingerprint density at radius 2 is 1.68 bits per heavy atom. The van der Waals surface area contributed by atoms with Gasteiger partial charge in [-0.2, -0.15) is 0 Å². The van der Waals surface area contributed by atoms with Crippen LogP contribution in [0, 0.1) is 11.8 Å². The molecular formula is C19H40IN5O2S. The number of rotatable bonds is 8. The van der Waals surface area contributed by atoms with Crippen LogP contribution in [0.1, 0.15) is 40.0 Å². The van der Waals surface area contributed by atoms with Crippen molar-refractivity contribution in [2.45, 2.75) is 40.0 Å². The van der Waals surface area contributed by atoms with Gasteiger partial charge >= 0.3 is 0 Å². The minimum Gasteiger partial charge on any atom is -0.357 e. The zero-order valence-corrected chi connectivity index (χ0v) is 21.2. The first kappa shape index (κ1) is 25.9. The number of piperidine rings is 1. The molecule has 2 rings (SSSR count). The predicted octanol–water partition coefficient (Wildman–Crippen LogP) is 1.91. The van der Waals surface area contributed by atoms with Crippen LogP contribution in [0.4, 0.5) is 0 Å². The lowest BCUT2D eigenvalue weighted by Crippen LogP contribution is -2.42. The average molecular weight is 530 g/mol. The van der Waals surface area contributed by atoms with Crippen molar-refractivity contribution in [3.8, 4) is 0 Å². The standard InChI is InChI=1S/C19H39N5O2S.HI/c1-5-20-19(23-11-8-18(16-23)15-22(6-2)7-3)21-14-17-9-12-24(13-10-17)27(4,25)26;/h17-18H,5-16H2,1-4H3,(H,20,21);1H. The Morgan fingerprint density at radius 1 is 1.07 bits per heavy atom. The number of halogens is 1. The highest BCUT2D eigenvalue weighted by atomic mass is 127.